The summed E-state index contributed by atoms with van der Waals surface area (Å²) in [6, 6.07) is 6.55. The highest BCUT2D eigenvalue weighted by molar-refractivity contribution is 5.92. The lowest BCUT2D eigenvalue weighted by Crippen LogP contribution is -2.39. The maximum absolute atomic E-state index is 14.3. The van der Waals surface area contributed by atoms with Gasteiger partial charge >= 0.3 is 0 Å². The van der Waals surface area contributed by atoms with Gasteiger partial charge in [-0.1, -0.05) is 12.1 Å². The van der Waals surface area contributed by atoms with Crippen molar-refractivity contribution in [3.63, 3.8) is 0 Å². The van der Waals surface area contributed by atoms with Crippen molar-refractivity contribution in [2.24, 2.45) is 0 Å². The molecule has 0 bridgehead atoms. The van der Waals surface area contributed by atoms with E-state index in [1.165, 1.54) is 24.7 Å². The molecule has 0 N–H and O–H groups in total. The van der Waals surface area contributed by atoms with Gasteiger partial charge in [0.05, 0.1) is 17.6 Å². The average Bonchev–Trinajstić information content (AvgIpc) is 2.74. The molecule has 6 nitrogen and oxygen atoms in total. The average molecular weight is 363 g/mol. The van der Waals surface area contributed by atoms with Gasteiger partial charge in [0, 0.05) is 49.4 Å². The molecule has 0 spiro atoms. The molecular formula is C20H18FN5O. The van der Waals surface area contributed by atoms with Crippen molar-refractivity contribution in [3.05, 3.63) is 72.5 Å². The summed E-state index contributed by atoms with van der Waals surface area (Å²) in [7, 11) is 0. The monoisotopic (exact) mass is 363 g/mol. The summed E-state index contributed by atoms with van der Waals surface area (Å²) in [6.45, 7) is 1.15. The number of carbonyl (C=O) groups excluding carboxylic acids is 1. The molecular weight excluding hydrogens is 345 g/mol. The number of halogens is 1. The minimum Gasteiger partial charge on any atom is -0.337 e. The van der Waals surface area contributed by atoms with Crippen molar-refractivity contribution in [1.29, 1.82) is 0 Å². The normalized spacial score (nSPS) is 16.9. The van der Waals surface area contributed by atoms with Gasteiger partial charge < -0.3 is 4.90 Å². The van der Waals surface area contributed by atoms with Gasteiger partial charge in [-0.25, -0.2) is 9.37 Å². The van der Waals surface area contributed by atoms with Gasteiger partial charge in [-0.2, -0.15) is 0 Å². The first-order chi connectivity index (χ1) is 13.2. The van der Waals surface area contributed by atoms with Crippen LogP contribution in [0.4, 0.5) is 4.39 Å². The molecule has 3 aromatic rings. The Morgan fingerprint density at radius 1 is 1.07 bits per heavy atom. The molecule has 1 saturated heterocycles. The van der Waals surface area contributed by atoms with Crippen LogP contribution in [0, 0.1) is 5.82 Å². The number of amides is 1. The number of nitrogens with zero attached hydrogens (tertiary/aromatic N) is 5. The standard InChI is InChI=1S/C20H18FN5O/c21-16-6-2-1-5-15(16)19-18(24-9-10-25-19)14-4-3-11-26(13-14)20(27)17-12-22-7-8-23-17/h1-2,5-10,12,14H,3-4,11,13H2/t14-/m1/s1. The van der Waals surface area contributed by atoms with E-state index in [-0.39, 0.29) is 17.6 Å². The van der Waals surface area contributed by atoms with Crippen molar-refractivity contribution in [3.8, 4) is 11.3 Å². The van der Waals surface area contributed by atoms with E-state index >= 15 is 0 Å². The fourth-order valence-electron chi connectivity index (χ4n) is 3.46. The third-order valence-electron chi connectivity index (χ3n) is 4.73. The smallest absolute Gasteiger partial charge is 0.274 e. The molecule has 0 radical (unpaired) electrons. The second-order valence-corrected chi connectivity index (χ2v) is 6.45. The number of rotatable bonds is 3. The molecule has 3 heterocycles. The summed E-state index contributed by atoms with van der Waals surface area (Å²) in [5, 5.41) is 0. The molecule has 1 aromatic carbocycles. The fraction of sp³-hybridized carbons (Fsp3) is 0.250. The van der Waals surface area contributed by atoms with Gasteiger partial charge in [0.25, 0.3) is 5.91 Å². The molecule has 7 heteroatoms. The summed E-state index contributed by atoms with van der Waals surface area (Å²) >= 11 is 0. The predicted molar refractivity (Wildman–Crippen MR) is 97.3 cm³/mol. The summed E-state index contributed by atoms with van der Waals surface area (Å²) < 4.78 is 14.3. The molecule has 1 aliphatic heterocycles. The van der Waals surface area contributed by atoms with E-state index in [1.54, 1.807) is 35.5 Å². The minimum atomic E-state index is -0.331. The van der Waals surface area contributed by atoms with Crippen LogP contribution in [0.5, 0.6) is 0 Å². The lowest BCUT2D eigenvalue weighted by molar-refractivity contribution is 0.0699. The fourth-order valence-corrected chi connectivity index (χ4v) is 3.46. The van der Waals surface area contributed by atoms with E-state index in [0.29, 0.717) is 30.0 Å². The number of piperidine rings is 1. The van der Waals surface area contributed by atoms with Crippen LogP contribution in [0.3, 0.4) is 0 Å². The zero-order chi connectivity index (χ0) is 18.6. The Labute approximate surface area is 156 Å². The maximum atomic E-state index is 14.3. The molecule has 4 rings (SSSR count). The minimum absolute atomic E-state index is 0.0114. The van der Waals surface area contributed by atoms with Crippen LogP contribution < -0.4 is 0 Å². The highest BCUT2D eigenvalue weighted by Gasteiger charge is 2.29. The van der Waals surface area contributed by atoms with Crippen LogP contribution >= 0.6 is 0 Å². The molecule has 1 aliphatic rings. The van der Waals surface area contributed by atoms with E-state index in [4.69, 9.17) is 0 Å². The van der Waals surface area contributed by atoms with E-state index in [0.717, 1.165) is 18.5 Å². The molecule has 1 fully saturated rings. The van der Waals surface area contributed by atoms with Crippen LogP contribution in [0.25, 0.3) is 11.3 Å². The molecule has 27 heavy (non-hydrogen) atoms. The SMILES string of the molecule is O=C(c1cnccn1)N1CCC[C@@H](c2nccnc2-c2ccccc2F)C1. The molecule has 0 saturated carbocycles. The van der Waals surface area contributed by atoms with Crippen molar-refractivity contribution >= 4 is 5.91 Å². The summed E-state index contributed by atoms with van der Waals surface area (Å²) in [5.41, 5.74) is 2.01. The zero-order valence-electron chi connectivity index (χ0n) is 14.6. The van der Waals surface area contributed by atoms with E-state index in [9.17, 15) is 9.18 Å². The Balaban J connectivity index is 1.63. The lowest BCUT2D eigenvalue weighted by atomic mass is 9.91. The largest absolute Gasteiger partial charge is 0.337 e. The number of hydrogen-bond acceptors (Lipinski definition) is 5. The van der Waals surface area contributed by atoms with Crippen LogP contribution in [0.1, 0.15) is 34.9 Å². The lowest BCUT2D eigenvalue weighted by Gasteiger charge is -2.32. The number of aromatic nitrogens is 4. The second-order valence-electron chi connectivity index (χ2n) is 6.45. The number of hydrogen-bond donors (Lipinski definition) is 0. The molecule has 1 atom stereocenters. The summed E-state index contributed by atoms with van der Waals surface area (Å²) in [6.07, 6.45) is 9.40. The van der Waals surface area contributed by atoms with Crippen LogP contribution in [0.2, 0.25) is 0 Å². The van der Waals surface area contributed by atoms with Crippen LogP contribution in [-0.2, 0) is 0 Å². The van der Waals surface area contributed by atoms with Crippen molar-refractivity contribution in [1.82, 2.24) is 24.8 Å². The van der Waals surface area contributed by atoms with Crippen LogP contribution in [0.15, 0.2) is 55.2 Å². The topological polar surface area (TPSA) is 71.9 Å². The first kappa shape index (κ1) is 17.2. The molecule has 2 aromatic heterocycles. The predicted octanol–water partition coefficient (Wildman–Crippen LogP) is 3.09. The van der Waals surface area contributed by atoms with Gasteiger partial charge in [0.1, 0.15) is 11.5 Å². The van der Waals surface area contributed by atoms with Gasteiger partial charge in [0.15, 0.2) is 0 Å². The molecule has 0 aliphatic carbocycles. The Kier molecular flexibility index (Phi) is 4.82. The molecule has 0 unspecified atom stereocenters. The summed E-state index contributed by atoms with van der Waals surface area (Å²) in [4.78, 5) is 31.4. The second kappa shape index (κ2) is 7.57. The Bertz CT molecular complexity index is 950. The van der Waals surface area contributed by atoms with Gasteiger partial charge in [-0.15, -0.1) is 0 Å². The number of likely N-dealkylation sites (tertiary alicyclic amines) is 1. The number of carbonyl (C=O) groups is 1. The first-order valence-corrected chi connectivity index (χ1v) is 8.85. The van der Waals surface area contributed by atoms with Gasteiger partial charge in [0.2, 0.25) is 0 Å². The van der Waals surface area contributed by atoms with Crippen molar-refractivity contribution < 1.29 is 9.18 Å². The van der Waals surface area contributed by atoms with E-state index < -0.39 is 0 Å². The molecule has 136 valence electrons. The third kappa shape index (κ3) is 3.53. The van der Waals surface area contributed by atoms with Crippen molar-refractivity contribution in [2.75, 3.05) is 13.1 Å². The van der Waals surface area contributed by atoms with E-state index in [2.05, 4.69) is 19.9 Å². The highest BCUT2D eigenvalue weighted by Crippen LogP contribution is 2.33. The highest BCUT2D eigenvalue weighted by atomic mass is 19.1. The zero-order valence-corrected chi connectivity index (χ0v) is 14.6. The number of benzene rings is 1. The Morgan fingerprint density at radius 2 is 1.89 bits per heavy atom. The quantitative estimate of drug-likeness (QED) is 0.715. The maximum Gasteiger partial charge on any atom is 0.274 e. The van der Waals surface area contributed by atoms with Crippen molar-refractivity contribution in [2.45, 2.75) is 18.8 Å². The summed E-state index contributed by atoms with van der Waals surface area (Å²) in [5.74, 6) is -0.491. The van der Waals surface area contributed by atoms with Gasteiger partial charge in [-0.05, 0) is 25.0 Å². The Morgan fingerprint density at radius 3 is 2.70 bits per heavy atom. The van der Waals surface area contributed by atoms with Crippen LogP contribution in [-0.4, -0.2) is 43.8 Å². The molecule has 1 amide bonds. The first-order valence-electron chi connectivity index (χ1n) is 8.85. The Hall–Kier alpha value is -3.22. The third-order valence-corrected chi connectivity index (χ3v) is 4.73. The van der Waals surface area contributed by atoms with E-state index in [1.807, 2.05) is 0 Å². The van der Waals surface area contributed by atoms with Gasteiger partial charge in [-0.3, -0.25) is 19.7 Å².